The van der Waals surface area contributed by atoms with E-state index in [-0.39, 0.29) is 0 Å². The molecular weight excluding hydrogens is 140 g/mol. The van der Waals surface area contributed by atoms with Gasteiger partial charge in [0.2, 0.25) is 0 Å². The Hall–Kier alpha value is 2.24. The maximum atomic E-state index is 2.32. The topological polar surface area (TPSA) is 0 Å². The summed E-state index contributed by atoms with van der Waals surface area (Å²) in [4.78, 5) is 0. The Morgan fingerprint density at radius 3 is 1.50 bits per heavy atom. The predicted octanol–water partition coefficient (Wildman–Crippen LogP) is 0.811. The summed E-state index contributed by atoms with van der Waals surface area (Å²) in [6.07, 6.45) is 0. The second-order valence-corrected chi connectivity index (χ2v) is 17.2. The SMILES string of the molecule is C[P](C)[Rb]. The van der Waals surface area contributed by atoms with Crippen molar-refractivity contribution in [2.75, 3.05) is 13.3 Å². The first-order chi connectivity index (χ1) is 1.73. The molecule has 0 spiro atoms. The minimum atomic E-state index is 0.590. The van der Waals surface area contributed by atoms with Crippen molar-refractivity contribution in [3.63, 3.8) is 0 Å². The van der Waals surface area contributed by atoms with Crippen molar-refractivity contribution < 1.29 is 0 Å². The van der Waals surface area contributed by atoms with Crippen molar-refractivity contribution >= 4 is 54.4 Å². The quantitative estimate of drug-likeness (QED) is 0.444. The fourth-order valence-corrected chi connectivity index (χ4v) is 0. The van der Waals surface area contributed by atoms with Gasteiger partial charge >= 0.3 is 67.7 Å². The predicted molar refractivity (Wildman–Crippen MR) is 24.5 cm³/mol. The molecule has 4 heavy (non-hydrogen) atoms. The van der Waals surface area contributed by atoms with Crippen molar-refractivity contribution in [3.8, 4) is 0 Å². The van der Waals surface area contributed by atoms with Crippen molar-refractivity contribution in [1.82, 2.24) is 0 Å². The number of rotatable bonds is 0. The molecule has 0 atom stereocenters. The van der Waals surface area contributed by atoms with E-state index >= 15 is 0 Å². The van der Waals surface area contributed by atoms with Gasteiger partial charge in [0.05, 0.1) is 0 Å². The van der Waals surface area contributed by atoms with Crippen LogP contribution < -0.4 is 0 Å². The van der Waals surface area contributed by atoms with Crippen LogP contribution in [-0.2, 0) is 0 Å². The fourth-order valence-electron chi connectivity index (χ4n) is 0. The standard InChI is InChI=1S/C2H6P.Rb/c1-3-2;/h1-2H3;/q-1;+1. The summed E-state index contributed by atoms with van der Waals surface area (Å²) in [7, 11) is 0. The van der Waals surface area contributed by atoms with Crippen molar-refractivity contribution in [2.24, 2.45) is 0 Å². The molecule has 0 aliphatic carbocycles. The monoisotopic (exact) mass is 146 g/mol. The van der Waals surface area contributed by atoms with Gasteiger partial charge in [-0.2, -0.15) is 0 Å². The Balaban J connectivity index is 2.32. The normalized spacial score (nSPS) is 9.25. The summed E-state index contributed by atoms with van der Waals surface area (Å²) in [5.41, 5.74) is 0. The Morgan fingerprint density at radius 1 is 1.50 bits per heavy atom. The van der Waals surface area contributed by atoms with Gasteiger partial charge in [0.1, 0.15) is 0 Å². The van der Waals surface area contributed by atoms with Gasteiger partial charge in [-0.3, -0.25) is 0 Å². The molecule has 20 valence electrons. The molecule has 0 aliphatic rings. The van der Waals surface area contributed by atoms with Crippen LogP contribution in [0.5, 0.6) is 0 Å². The molecule has 0 fully saturated rings. The molecule has 0 saturated carbocycles. The van der Waals surface area contributed by atoms with Crippen LogP contribution in [0.25, 0.3) is 0 Å². The van der Waals surface area contributed by atoms with Crippen LogP contribution in [0.3, 0.4) is 0 Å². The molecule has 0 aromatic heterocycles. The summed E-state index contributed by atoms with van der Waals surface area (Å²) in [5.74, 6) is 0. The molecule has 0 unspecified atom stereocenters. The summed E-state index contributed by atoms with van der Waals surface area (Å²) < 4.78 is 0.590. The molecule has 0 amide bonds. The molecule has 0 bridgehead atoms. The fraction of sp³-hybridized carbons (Fsp3) is 1.00. The molecule has 0 aromatic rings. The van der Waals surface area contributed by atoms with Crippen LogP contribution in [0.2, 0.25) is 0 Å². The molecule has 0 rings (SSSR count). The van der Waals surface area contributed by atoms with Crippen molar-refractivity contribution in [1.29, 1.82) is 0 Å². The van der Waals surface area contributed by atoms with Crippen LogP contribution in [0.15, 0.2) is 0 Å². The van der Waals surface area contributed by atoms with Crippen LogP contribution in [0.4, 0.5) is 0 Å². The van der Waals surface area contributed by atoms with Gasteiger partial charge in [0.15, 0.2) is 0 Å². The van der Waals surface area contributed by atoms with E-state index in [0.717, 1.165) is 54.6 Å². The minimum absolute atomic E-state index is 0.590. The Kier molecular flexibility index (Phi) is 5.34. The van der Waals surface area contributed by atoms with Gasteiger partial charge in [0, 0.05) is 0 Å². The van der Waals surface area contributed by atoms with Gasteiger partial charge in [0.25, 0.3) is 0 Å². The van der Waals surface area contributed by atoms with Gasteiger partial charge < -0.3 is 0 Å². The van der Waals surface area contributed by atoms with Crippen molar-refractivity contribution in [3.05, 3.63) is 0 Å². The van der Waals surface area contributed by atoms with Gasteiger partial charge in [-0.15, -0.1) is 0 Å². The van der Waals surface area contributed by atoms with Gasteiger partial charge in [-0.05, 0) is 0 Å². The number of hydrogen-bond donors (Lipinski definition) is 0. The van der Waals surface area contributed by atoms with E-state index in [9.17, 15) is 0 Å². The molecular formula is C2H6PRb. The molecule has 0 N–H and O–H groups in total. The van der Waals surface area contributed by atoms with Gasteiger partial charge in [-0.1, -0.05) is 0 Å². The van der Waals surface area contributed by atoms with E-state index in [4.69, 9.17) is 0 Å². The molecule has 2 heteroatoms. The third-order valence-electron chi connectivity index (χ3n) is 0. The van der Waals surface area contributed by atoms with Crippen LogP contribution in [0, 0.1) is 0 Å². The number of hydrogen-bond acceptors (Lipinski definition) is 0. The first kappa shape index (κ1) is 6.24. The first-order valence-corrected chi connectivity index (χ1v) is 10.6. The average Bonchev–Trinajstić information content (AvgIpc) is 0.811. The Morgan fingerprint density at radius 2 is 1.50 bits per heavy atom. The zero-order valence-electron chi connectivity index (χ0n) is 3.45. The third-order valence-corrected chi connectivity index (χ3v) is 0. The van der Waals surface area contributed by atoms with E-state index in [0.29, 0.717) is -0.187 Å². The summed E-state index contributed by atoms with van der Waals surface area (Å²) in [6.45, 7) is 4.65. The van der Waals surface area contributed by atoms with Crippen LogP contribution >= 0.6 is -0.187 Å². The second kappa shape index (κ2) is 3.43. The van der Waals surface area contributed by atoms with Crippen LogP contribution in [0.1, 0.15) is 0 Å². The van der Waals surface area contributed by atoms with Gasteiger partial charge in [-0.25, -0.2) is 0 Å². The molecule has 0 aliphatic heterocycles. The summed E-state index contributed by atoms with van der Waals surface area (Å²) in [5, 5.41) is 0. The second-order valence-electron chi connectivity index (χ2n) is 1.34. The zero-order valence-corrected chi connectivity index (χ0v) is 9.26. The average molecular weight is 147 g/mol. The Bertz CT molecular complexity index is 10.8. The van der Waals surface area contributed by atoms with Crippen LogP contribution in [-0.4, -0.2) is 67.9 Å². The zero-order chi connectivity index (χ0) is 3.58. The molecule has 0 aromatic carbocycles. The van der Waals surface area contributed by atoms with E-state index in [1.807, 2.05) is 0 Å². The third kappa shape index (κ3) is 8.87. The molecule has 0 radical (unpaired) electrons. The molecule has 0 saturated heterocycles. The van der Waals surface area contributed by atoms with E-state index in [2.05, 4.69) is 13.3 Å². The van der Waals surface area contributed by atoms with Crippen molar-refractivity contribution in [2.45, 2.75) is 0 Å². The summed E-state index contributed by atoms with van der Waals surface area (Å²) in [6, 6.07) is 0. The summed E-state index contributed by atoms with van der Waals surface area (Å²) >= 11 is 0.995. The molecule has 0 heterocycles. The first-order valence-electron chi connectivity index (χ1n) is 1.34. The van der Waals surface area contributed by atoms with E-state index < -0.39 is 0 Å². The van der Waals surface area contributed by atoms with E-state index in [1.54, 1.807) is 0 Å². The maximum absolute atomic E-state index is 2.32. The van der Waals surface area contributed by atoms with E-state index in [1.165, 1.54) is 0 Å². The molecule has 0 nitrogen and oxygen atoms in total. The Labute approximate surface area is 65.9 Å².